The summed E-state index contributed by atoms with van der Waals surface area (Å²) in [6, 6.07) is 1.98. The van der Waals surface area contributed by atoms with Crippen LogP contribution in [-0.2, 0) is 4.79 Å². The first kappa shape index (κ1) is 25.5. The van der Waals surface area contributed by atoms with Crippen LogP contribution >= 0.6 is 0 Å². The minimum Gasteiger partial charge on any atom is -0.504 e. The maximum absolute atomic E-state index is 13.3. The first-order valence-electron chi connectivity index (χ1n) is 9.67. The summed E-state index contributed by atoms with van der Waals surface area (Å²) in [5.74, 6) is -12.1. The summed E-state index contributed by atoms with van der Waals surface area (Å²) in [4.78, 5) is 38.2. The third-order valence-electron chi connectivity index (χ3n) is 5.98. The number of benzene rings is 2. The zero-order valence-electron chi connectivity index (χ0n) is 17.4. The van der Waals surface area contributed by atoms with Gasteiger partial charge in [-0.25, -0.2) is 4.79 Å². The molecule has 1 aliphatic carbocycles. The van der Waals surface area contributed by atoms with Gasteiger partial charge in [0.05, 0.1) is 6.10 Å². The van der Waals surface area contributed by atoms with Crippen molar-refractivity contribution in [3.63, 3.8) is 0 Å². The van der Waals surface area contributed by atoms with Crippen molar-refractivity contribution in [3.05, 3.63) is 35.4 Å². The number of phenols is 6. The molecular formula is C21H20O14. The Balaban J connectivity index is 2.27. The molecule has 14 nitrogen and oxygen atoms in total. The summed E-state index contributed by atoms with van der Waals surface area (Å²) < 4.78 is 0. The number of hydrogen-bond donors (Lipinski definition) is 11. The molecule has 0 amide bonds. The monoisotopic (exact) mass is 496 g/mol. The standard InChI is InChI=1S/C21H20O14/c22-9-1-7(2-10(23)14(9)27)16(29)20(34)6-19(33,18(31)32)5-13(26)21(20,35)17(30)8-3-11(24)15(28)12(25)4-8/h1-4,13,22-28,33-35H,5-6H2,(H,31,32)/t13-,19?,20+,21?/m1/s1. The molecule has 14 heteroatoms. The van der Waals surface area contributed by atoms with Crippen LogP contribution in [0.1, 0.15) is 33.6 Å². The number of ketones is 2. The lowest BCUT2D eigenvalue weighted by molar-refractivity contribution is -0.224. The number of carboxylic acids is 1. The number of carboxylic acid groups (broad SMARTS) is 1. The van der Waals surface area contributed by atoms with Gasteiger partial charge < -0.3 is 56.2 Å². The van der Waals surface area contributed by atoms with Gasteiger partial charge >= 0.3 is 5.97 Å². The molecule has 1 fully saturated rings. The minimum atomic E-state index is -3.67. The SMILES string of the molecule is O=C(O)C1(O)C[C@@H](O)C(O)(C(=O)c2cc(O)c(O)c(O)c2)[C@@](O)(C(=O)c2cc(O)c(O)c(O)c2)C1. The molecule has 0 radical (unpaired) electrons. The molecule has 188 valence electrons. The number of phenolic OH excluding ortho intramolecular Hbond substituents is 6. The van der Waals surface area contributed by atoms with E-state index >= 15 is 0 Å². The van der Waals surface area contributed by atoms with Crippen molar-refractivity contribution in [3.8, 4) is 34.5 Å². The number of carbonyl (C=O) groups is 3. The molecule has 3 rings (SSSR count). The molecule has 2 unspecified atom stereocenters. The summed E-state index contributed by atoms with van der Waals surface area (Å²) >= 11 is 0. The van der Waals surface area contributed by atoms with Gasteiger partial charge in [0.25, 0.3) is 0 Å². The summed E-state index contributed by atoms with van der Waals surface area (Å²) in [5.41, 5.74) is -12.1. The smallest absolute Gasteiger partial charge is 0.335 e. The van der Waals surface area contributed by atoms with Gasteiger partial charge in [0.2, 0.25) is 5.78 Å². The molecule has 2 aromatic carbocycles. The van der Waals surface area contributed by atoms with Crippen LogP contribution in [0.15, 0.2) is 24.3 Å². The second kappa shape index (κ2) is 7.99. The van der Waals surface area contributed by atoms with Gasteiger partial charge in [-0.05, 0) is 24.3 Å². The Hall–Kier alpha value is -4.11. The van der Waals surface area contributed by atoms with E-state index in [1.54, 1.807) is 0 Å². The second-order valence-corrected chi connectivity index (χ2v) is 8.24. The summed E-state index contributed by atoms with van der Waals surface area (Å²) in [6.07, 6.45) is -5.52. The maximum Gasteiger partial charge on any atom is 0.335 e. The fraction of sp³-hybridized carbons (Fsp3) is 0.286. The fourth-order valence-corrected chi connectivity index (χ4v) is 4.06. The van der Waals surface area contributed by atoms with Crippen LogP contribution in [0.5, 0.6) is 34.5 Å². The molecular weight excluding hydrogens is 476 g/mol. The third-order valence-corrected chi connectivity index (χ3v) is 5.98. The van der Waals surface area contributed by atoms with E-state index in [4.69, 9.17) is 0 Å². The Morgan fingerprint density at radius 1 is 0.714 bits per heavy atom. The molecule has 0 spiro atoms. The van der Waals surface area contributed by atoms with Crippen LogP contribution in [0.3, 0.4) is 0 Å². The Kier molecular flexibility index (Phi) is 5.82. The van der Waals surface area contributed by atoms with Gasteiger partial charge in [-0.2, -0.15) is 0 Å². The maximum atomic E-state index is 13.3. The van der Waals surface area contributed by atoms with Crippen molar-refractivity contribution in [1.29, 1.82) is 0 Å². The molecule has 2 aromatic rings. The lowest BCUT2D eigenvalue weighted by Gasteiger charge is -2.51. The number of aliphatic carboxylic acids is 1. The largest absolute Gasteiger partial charge is 0.504 e. The van der Waals surface area contributed by atoms with Gasteiger partial charge in [0.1, 0.15) is 0 Å². The van der Waals surface area contributed by atoms with Crippen LogP contribution in [0.4, 0.5) is 0 Å². The fourth-order valence-electron chi connectivity index (χ4n) is 4.06. The van der Waals surface area contributed by atoms with Crippen LogP contribution in [0.2, 0.25) is 0 Å². The quantitative estimate of drug-likeness (QED) is 0.165. The van der Waals surface area contributed by atoms with Gasteiger partial charge in [0.15, 0.2) is 57.1 Å². The summed E-state index contributed by atoms with van der Waals surface area (Å²) in [5, 5.41) is 111. The van der Waals surface area contributed by atoms with Crippen LogP contribution in [0.25, 0.3) is 0 Å². The number of rotatable bonds is 5. The molecule has 1 aliphatic rings. The predicted octanol–water partition coefficient (Wildman–Crippen LogP) is -1.58. The summed E-state index contributed by atoms with van der Waals surface area (Å²) in [7, 11) is 0. The number of aliphatic hydroxyl groups is 4. The Morgan fingerprint density at radius 3 is 1.46 bits per heavy atom. The minimum absolute atomic E-state index is 0.485. The van der Waals surface area contributed by atoms with E-state index in [0.29, 0.717) is 24.3 Å². The summed E-state index contributed by atoms with van der Waals surface area (Å²) in [6.45, 7) is 0. The topological polar surface area (TPSA) is 274 Å². The van der Waals surface area contributed by atoms with E-state index < -0.39 is 98.9 Å². The average molecular weight is 496 g/mol. The van der Waals surface area contributed by atoms with Crippen molar-refractivity contribution in [2.24, 2.45) is 0 Å². The number of aliphatic hydroxyl groups excluding tert-OH is 1. The zero-order chi connectivity index (χ0) is 26.7. The zero-order valence-corrected chi connectivity index (χ0v) is 17.4. The highest BCUT2D eigenvalue weighted by molar-refractivity contribution is 6.13. The molecule has 35 heavy (non-hydrogen) atoms. The Bertz CT molecular complexity index is 1210. The molecule has 0 heterocycles. The van der Waals surface area contributed by atoms with Crippen molar-refractivity contribution in [2.75, 3.05) is 0 Å². The predicted molar refractivity (Wildman–Crippen MR) is 109 cm³/mol. The van der Waals surface area contributed by atoms with E-state index in [0.717, 1.165) is 0 Å². The normalized spacial score (nSPS) is 28.4. The van der Waals surface area contributed by atoms with Crippen LogP contribution in [0, 0.1) is 0 Å². The van der Waals surface area contributed by atoms with E-state index in [1.165, 1.54) is 0 Å². The van der Waals surface area contributed by atoms with Crippen molar-refractivity contribution in [2.45, 2.75) is 35.7 Å². The Labute approximate surface area is 194 Å². The number of Topliss-reactive ketones (excluding diaryl/α,β-unsaturated/α-hetero) is 2. The molecule has 0 aromatic heterocycles. The lowest BCUT2D eigenvalue weighted by atomic mass is 9.59. The highest BCUT2D eigenvalue weighted by Crippen LogP contribution is 2.48. The van der Waals surface area contributed by atoms with E-state index in [1.807, 2.05) is 0 Å². The first-order valence-corrected chi connectivity index (χ1v) is 9.67. The number of aromatic hydroxyl groups is 6. The molecule has 1 saturated carbocycles. The van der Waals surface area contributed by atoms with E-state index in [-0.39, 0.29) is 0 Å². The van der Waals surface area contributed by atoms with E-state index in [9.17, 15) is 70.6 Å². The molecule has 4 atom stereocenters. The van der Waals surface area contributed by atoms with Crippen molar-refractivity contribution in [1.82, 2.24) is 0 Å². The molecule has 0 aliphatic heterocycles. The molecule has 0 saturated heterocycles. The molecule has 11 N–H and O–H groups in total. The highest BCUT2D eigenvalue weighted by Gasteiger charge is 2.71. The van der Waals surface area contributed by atoms with E-state index in [2.05, 4.69) is 0 Å². The number of hydrogen-bond acceptors (Lipinski definition) is 13. The second-order valence-electron chi connectivity index (χ2n) is 8.24. The third kappa shape index (κ3) is 3.64. The number of carbonyl (C=O) groups excluding carboxylic acids is 2. The highest BCUT2D eigenvalue weighted by atomic mass is 16.4. The van der Waals surface area contributed by atoms with Gasteiger partial charge in [-0.15, -0.1) is 0 Å². The average Bonchev–Trinajstić information content (AvgIpc) is 2.77. The lowest BCUT2D eigenvalue weighted by Crippen LogP contribution is -2.76. The molecule has 0 bridgehead atoms. The van der Waals surface area contributed by atoms with Gasteiger partial charge in [0, 0.05) is 24.0 Å². The van der Waals surface area contributed by atoms with Crippen LogP contribution in [-0.4, -0.2) is 96.6 Å². The van der Waals surface area contributed by atoms with Crippen molar-refractivity contribution < 1.29 is 70.6 Å². The van der Waals surface area contributed by atoms with Gasteiger partial charge in [-0.3, -0.25) is 9.59 Å². The van der Waals surface area contributed by atoms with Crippen LogP contribution < -0.4 is 0 Å². The van der Waals surface area contributed by atoms with Gasteiger partial charge in [-0.1, -0.05) is 0 Å². The Morgan fingerprint density at radius 2 is 1.09 bits per heavy atom. The van der Waals surface area contributed by atoms with Crippen molar-refractivity contribution >= 4 is 17.5 Å². The first-order chi connectivity index (χ1) is 16.0.